The van der Waals surface area contributed by atoms with E-state index in [1.54, 1.807) is 4.90 Å². The zero-order valence-electron chi connectivity index (χ0n) is 12.5. The Balaban J connectivity index is 0.00000264. The fourth-order valence-corrected chi connectivity index (χ4v) is 2.28. The van der Waals surface area contributed by atoms with Crippen molar-refractivity contribution in [1.82, 2.24) is 10.2 Å². The summed E-state index contributed by atoms with van der Waals surface area (Å²) in [6.07, 6.45) is 0.0609. The maximum Gasteiger partial charge on any atom is 0.194 e. The molecule has 9 heteroatoms. The lowest BCUT2D eigenvalue weighted by atomic mass is 10.2. The molecule has 2 N–H and O–H groups in total. The summed E-state index contributed by atoms with van der Waals surface area (Å²) < 4.78 is 53.5. The molecule has 1 aromatic carbocycles. The Hall–Kier alpha value is -1.10. The van der Waals surface area contributed by atoms with Gasteiger partial charge in [-0.1, -0.05) is 0 Å². The van der Waals surface area contributed by atoms with E-state index in [4.69, 9.17) is 0 Å². The van der Waals surface area contributed by atoms with Crippen LogP contribution in [-0.4, -0.2) is 41.7 Å². The van der Waals surface area contributed by atoms with E-state index in [1.165, 1.54) is 0 Å². The predicted molar refractivity (Wildman–Crippen MR) is 88.7 cm³/mol. The smallest absolute Gasteiger partial charge is 0.194 e. The van der Waals surface area contributed by atoms with E-state index in [9.17, 15) is 22.7 Å². The molecule has 0 bridgehead atoms. The van der Waals surface area contributed by atoms with Crippen LogP contribution in [0.4, 0.5) is 17.6 Å². The Bertz CT molecular complexity index is 559. The van der Waals surface area contributed by atoms with Gasteiger partial charge in [0.05, 0.1) is 18.2 Å². The number of benzene rings is 1. The molecule has 23 heavy (non-hydrogen) atoms. The van der Waals surface area contributed by atoms with Gasteiger partial charge in [0.1, 0.15) is 0 Å². The third-order valence-electron chi connectivity index (χ3n) is 3.39. The molecule has 0 aliphatic carbocycles. The lowest BCUT2D eigenvalue weighted by Crippen LogP contribution is -2.40. The van der Waals surface area contributed by atoms with Crippen molar-refractivity contribution in [3.05, 3.63) is 34.9 Å². The molecule has 0 saturated carbocycles. The summed E-state index contributed by atoms with van der Waals surface area (Å²) in [5, 5.41) is 12.4. The summed E-state index contributed by atoms with van der Waals surface area (Å²) in [7, 11) is 0. The van der Waals surface area contributed by atoms with Gasteiger partial charge in [0.15, 0.2) is 29.2 Å². The number of aliphatic hydroxyl groups excluding tert-OH is 1. The highest BCUT2D eigenvalue weighted by atomic mass is 127. The molecule has 0 amide bonds. The number of guanidine groups is 1. The first-order valence-corrected chi connectivity index (χ1v) is 6.97. The predicted octanol–water partition coefficient (Wildman–Crippen LogP) is 2.39. The summed E-state index contributed by atoms with van der Waals surface area (Å²) >= 11 is 0. The van der Waals surface area contributed by atoms with Crippen molar-refractivity contribution in [3.8, 4) is 0 Å². The number of likely N-dealkylation sites (tertiary alicyclic amines) is 1. The average Bonchev–Trinajstić information content (AvgIpc) is 2.90. The summed E-state index contributed by atoms with van der Waals surface area (Å²) in [5.41, 5.74) is -0.757. The Morgan fingerprint density at radius 1 is 1.30 bits per heavy atom. The van der Waals surface area contributed by atoms with Crippen molar-refractivity contribution in [2.24, 2.45) is 4.99 Å². The fraction of sp³-hybridized carbons (Fsp3) is 0.500. The molecule has 0 aromatic heterocycles. The van der Waals surface area contributed by atoms with Gasteiger partial charge in [0, 0.05) is 25.7 Å². The number of hydrogen-bond acceptors (Lipinski definition) is 2. The van der Waals surface area contributed by atoms with Crippen LogP contribution in [0.3, 0.4) is 0 Å². The minimum absolute atomic E-state index is 0. The van der Waals surface area contributed by atoms with Gasteiger partial charge >= 0.3 is 0 Å². The third-order valence-corrected chi connectivity index (χ3v) is 3.39. The number of rotatable bonds is 3. The average molecular weight is 447 g/mol. The second kappa shape index (κ2) is 8.67. The van der Waals surface area contributed by atoms with Crippen LogP contribution in [0.25, 0.3) is 0 Å². The number of halogens is 5. The largest absolute Gasteiger partial charge is 0.391 e. The van der Waals surface area contributed by atoms with Gasteiger partial charge in [0.2, 0.25) is 0 Å². The molecule has 1 heterocycles. The molecule has 1 aliphatic heterocycles. The van der Waals surface area contributed by atoms with Gasteiger partial charge in [0.25, 0.3) is 0 Å². The van der Waals surface area contributed by atoms with Crippen LogP contribution >= 0.6 is 24.0 Å². The van der Waals surface area contributed by atoms with Gasteiger partial charge in [-0.2, -0.15) is 0 Å². The molecule has 1 aliphatic rings. The number of hydrogen-bond donors (Lipinski definition) is 2. The van der Waals surface area contributed by atoms with Crippen LogP contribution in [0.2, 0.25) is 0 Å². The van der Waals surface area contributed by atoms with Crippen molar-refractivity contribution in [1.29, 1.82) is 0 Å². The Morgan fingerprint density at radius 2 is 1.91 bits per heavy atom. The Kier molecular flexibility index (Phi) is 7.52. The molecule has 0 unspecified atom stereocenters. The normalized spacial score (nSPS) is 18.1. The standard InChI is InChI=1S/C14H17F4N3O.HI/c1-2-19-14(21-4-3-8(22)7-21)20-6-9-12(17)10(15)5-11(16)13(9)18;/h5,8,22H,2-4,6-7H2,1H3,(H,19,20);1H/t8-;/m1./s1. The molecule has 130 valence electrons. The summed E-state index contributed by atoms with van der Waals surface area (Å²) in [4.78, 5) is 5.73. The molecule has 0 radical (unpaired) electrons. The minimum atomic E-state index is -1.45. The number of aliphatic imine (C=N–C) groups is 1. The van der Waals surface area contributed by atoms with E-state index in [-0.39, 0.29) is 30.0 Å². The SMILES string of the molecule is CCNC(=NCc1c(F)c(F)cc(F)c1F)N1CC[C@@H](O)C1.I. The van der Waals surface area contributed by atoms with Crippen LogP contribution < -0.4 is 5.32 Å². The lowest BCUT2D eigenvalue weighted by Gasteiger charge is -2.21. The Labute approximate surface area is 148 Å². The minimum Gasteiger partial charge on any atom is -0.391 e. The van der Waals surface area contributed by atoms with Gasteiger partial charge in [-0.3, -0.25) is 0 Å². The molecule has 1 aromatic rings. The molecule has 1 fully saturated rings. The number of aliphatic hydroxyl groups is 1. The van der Waals surface area contributed by atoms with Crippen LogP contribution in [-0.2, 0) is 6.54 Å². The summed E-state index contributed by atoms with van der Waals surface area (Å²) in [5.74, 6) is -5.46. The van der Waals surface area contributed by atoms with Crippen molar-refractivity contribution < 1.29 is 22.7 Å². The second-order valence-electron chi connectivity index (χ2n) is 5.01. The first-order chi connectivity index (χ1) is 10.4. The van der Waals surface area contributed by atoms with E-state index in [2.05, 4.69) is 10.3 Å². The fourth-order valence-electron chi connectivity index (χ4n) is 2.28. The second-order valence-corrected chi connectivity index (χ2v) is 5.01. The van der Waals surface area contributed by atoms with E-state index >= 15 is 0 Å². The molecule has 0 spiro atoms. The van der Waals surface area contributed by atoms with E-state index in [1.807, 2.05) is 6.92 Å². The van der Waals surface area contributed by atoms with Gasteiger partial charge in [-0.25, -0.2) is 22.6 Å². The van der Waals surface area contributed by atoms with Crippen molar-refractivity contribution in [3.63, 3.8) is 0 Å². The highest BCUT2D eigenvalue weighted by Gasteiger charge is 2.24. The molecular formula is C14H18F4IN3O. The number of nitrogens with one attached hydrogen (secondary N) is 1. The third kappa shape index (κ3) is 4.69. The molecule has 4 nitrogen and oxygen atoms in total. The molecule has 1 atom stereocenters. The first-order valence-electron chi connectivity index (χ1n) is 6.97. The lowest BCUT2D eigenvalue weighted by molar-refractivity contribution is 0.188. The van der Waals surface area contributed by atoms with Crippen LogP contribution in [0.5, 0.6) is 0 Å². The maximum absolute atomic E-state index is 13.6. The van der Waals surface area contributed by atoms with Crippen LogP contribution in [0, 0.1) is 23.3 Å². The van der Waals surface area contributed by atoms with Crippen LogP contribution in [0.1, 0.15) is 18.9 Å². The van der Waals surface area contributed by atoms with Crippen LogP contribution in [0.15, 0.2) is 11.1 Å². The summed E-state index contributed by atoms with van der Waals surface area (Å²) in [6, 6.07) is 0.167. The van der Waals surface area contributed by atoms with E-state index < -0.39 is 41.5 Å². The zero-order valence-corrected chi connectivity index (χ0v) is 14.8. The maximum atomic E-state index is 13.6. The molecular weight excluding hydrogens is 429 g/mol. The van der Waals surface area contributed by atoms with Crippen molar-refractivity contribution in [2.45, 2.75) is 26.0 Å². The number of nitrogens with zero attached hydrogens (tertiary/aromatic N) is 2. The van der Waals surface area contributed by atoms with Gasteiger partial charge in [-0.05, 0) is 13.3 Å². The van der Waals surface area contributed by atoms with E-state index in [0.29, 0.717) is 32.0 Å². The van der Waals surface area contributed by atoms with Gasteiger partial charge < -0.3 is 15.3 Å². The molecule has 2 rings (SSSR count). The highest BCUT2D eigenvalue weighted by Crippen LogP contribution is 2.20. The van der Waals surface area contributed by atoms with Crippen molar-refractivity contribution in [2.75, 3.05) is 19.6 Å². The monoisotopic (exact) mass is 447 g/mol. The Morgan fingerprint density at radius 3 is 2.39 bits per heavy atom. The van der Waals surface area contributed by atoms with Crippen molar-refractivity contribution >= 4 is 29.9 Å². The quantitative estimate of drug-likeness (QED) is 0.246. The highest BCUT2D eigenvalue weighted by molar-refractivity contribution is 14.0. The zero-order chi connectivity index (χ0) is 16.3. The first kappa shape index (κ1) is 19.9. The van der Waals surface area contributed by atoms with E-state index in [0.717, 1.165) is 0 Å². The molecule has 1 saturated heterocycles. The number of β-amino-alcohol motifs (C(OH)–C–C–N with tert-alkyl or cyclic N) is 1. The summed E-state index contributed by atoms with van der Waals surface area (Å²) in [6.45, 7) is 2.66. The van der Waals surface area contributed by atoms with Gasteiger partial charge in [-0.15, -0.1) is 24.0 Å². The topological polar surface area (TPSA) is 47.9 Å².